The molecule has 4 nitrogen and oxygen atoms in total. The third kappa shape index (κ3) is 2.26. The van der Waals surface area contributed by atoms with Gasteiger partial charge in [-0.3, -0.25) is 4.79 Å². The number of hydrogen-bond acceptors (Lipinski definition) is 3. The molecule has 0 aliphatic carbocycles. The van der Waals surface area contributed by atoms with E-state index in [9.17, 15) is 9.18 Å². The lowest BCUT2D eigenvalue weighted by Gasteiger charge is -2.16. The van der Waals surface area contributed by atoms with E-state index in [4.69, 9.17) is 10.2 Å². The molecule has 1 amide bonds. The van der Waals surface area contributed by atoms with Crippen LogP contribution in [0.1, 0.15) is 16.3 Å². The summed E-state index contributed by atoms with van der Waals surface area (Å²) >= 11 is 0. The second-order valence-corrected chi connectivity index (χ2v) is 3.79. The number of benzene rings is 1. The predicted molar refractivity (Wildman–Crippen MR) is 65.7 cm³/mol. The van der Waals surface area contributed by atoms with Crippen molar-refractivity contribution < 1.29 is 13.6 Å². The van der Waals surface area contributed by atoms with Crippen molar-refractivity contribution in [1.29, 1.82) is 0 Å². The lowest BCUT2D eigenvalue weighted by Crippen LogP contribution is -2.26. The van der Waals surface area contributed by atoms with Gasteiger partial charge >= 0.3 is 0 Å². The standard InChI is InChI=1S/C13H13FN2O2/c1-16(11-5-3-2-4-10(11)14)13(17)12-7-6-9(8-15)18-12/h2-7H,8,15H2,1H3. The topological polar surface area (TPSA) is 59.5 Å². The summed E-state index contributed by atoms with van der Waals surface area (Å²) in [6.07, 6.45) is 0. The summed E-state index contributed by atoms with van der Waals surface area (Å²) in [6, 6.07) is 9.21. The second-order valence-electron chi connectivity index (χ2n) is 3.79. The molecule has 18 heavy (non-hydrogen) atoms. The van der Waals surface area contributed by atoms with Gasteiger partial charge < -0.3 is 15.1 Å². The van der Waals surface area contributed by atoms with Crippen LogP contribution in [-0.4, -0.2) is 13.0 Å². The van der Waals surface area contributed by atoms with Crippen molar-refractivity contribution in [3.8, 4) is 0 Å². The Morgan fingerprint density at radius 1 is 1.33 bits per heavy atom. The van der Waals surface area contributed by atoms with Gasteiger partial charge in [0.25, 0.3) is 5.91 Å². The average molecular weight is 248 g/mol. The fourth-order valence-corrected chi connectivity index (χ4v) is 1.60. The highest BCUT2D eigenvalue weighted by Gasteiger charge is 2.19. The van der Waals surface area contributed by atoms with Crippen molar-refractivity contribution in [1.82, 2.24) is 0 Å². The summed E-state index contributed by atoms with van der Waals surface area (Å²) in [6.45, 7) is 0.219. The molecule has 0 saturated heterocycles. The predicted octanol–water partition coefficient (Wildman–Crippen LogP) is 2.15. The van der Waals surface area contributed by atoms with E-state index in [0.29, 0.717) is 5.76 Å². The van der Waals surface area contributed by atoms with E-state index in [1.807, 2.05) is 0 Å². The number of para-hydroxylation sites is 1. The minimum atomic E-state index is -0.459. The molecule has 0 radical (unpaired) electrons. The van der Waals surface area contributed by atoms with Gasteiger partial charge in [0, 0.05) is 7.05 Å². The zero-order valence-corrected chi connectivity index (χ0v) is 9.89. The van der Waals surface area contributed by atoms with E-state index in [1.54, 1.807) is 18.2 Å². The number of amides is 1. The summed E-state index contributed by atoms with van der Waals surface area (Å²) in [5.74, 6) is -0.222. The fourth-order valence-electron chi connectivity index (χ4n) is 1.60. The second kappa shape index (κ2) is 5.01. The lowest BCUT2D eigenvalue weighted by atomic mass is 10.2. The molecule has 0 aliphatic heterocycles. The molecule has 1 aromatic carbocycles. The van der Waals surface area contributed by atoms with Crippen molar-refractivity contribution in [2.24, 2.45) is 5.73 Å². The largest absolute Gasteiger partial charge is 0.455 e. The molecule has 1 aromatic heterocycles. The van der Waals surface area contributed by atoms with Crippen molar-refractivity contribution in [3.05, 3.63) is 53.7 Å². The number of halogens is 1. The number of nitrogens with zero attached hydrogens (tertiary/aromatic N) is 1. The first-order chi connectivity index (χ1) is 8.63. The van der Waals surface area contributed by atoms with E-state index in [0.717, 1.165) is 0 Å². The van der Waals surface area contributed by atoms with E-state index in [2.05, 4.69) is 0 Å². The maximum atomic E-state index is 13.5. The van der Waals surface area contributed by atoms with Crippen LogP contribution >= 0.6 is 0 Å². The molecular weight excluding hydrogens is 235 g/mol. The van der Waals surface area contributed by atoms with Crippen LogP contribution in [0.15, 0.2) is 40.8 Å². The summed E-state index contributed by atoms with van der Waals surface area (Å²) in [4.78, 5) is 13.3. The molecule has 0 unspecified atom stereocenters. The van der Waals surface area contributed by atoms with Gasteiger partial charge in [-0.2, -0.15) is 0 Å². The first-order valence-electron chi connectivity index (χ1n) is 5.45. The molecule has 2 rings (SSSR count). The van der Waals surface area contributed by atoms with Crippen molar-refractivity contribution in [2.45, 2.75) is 6.54 Å². The van der Waals surface area contributed by atoms with Crippen LogP contribution in [0.2, 0.25) is 0 Å². The van der Waals surface area contributed by atoms with Gasteiger partial charge in [-0.1, -0.05) is 12.1 Å². The number of carbonyl (C=O) groups is 1. The molecule has 94 valence electrons. The van der Waals surface area contributed by atoms with Gasteiger partial charge in [0.1, 0.15) is 11.6 Å². The highest BCUT2D eigenvalue weighted by Crippen LogP contribution is 2.20. The molecule has 0 spiro atoms. The Morgan fingerprint density at radius 2 is 2.06 bits per heavy atom. The Hall–Kier alpha value is -2.14. The third-order valence-corrected chi connectivity index (χ3v) is 2.59. The van der Waals surface area contributed by atoms with Crippen molar-refractivity contribution in [3.63, 3.8) is 0 Å². The van der Waals surface area contributed by atoms with Gasteiger partial charge in [-0.25, -0.2) is 4.39 Å². The molecule has 0 saturated carbocycles. The number of nitrogens with two attached hydrogens (primary N) is 1. The normalized spacial score (nSPS) is 10.4. The van der Waals surface area contributed by atoms with Gasteiger partial charge in [0.2, 0.25) is 0 Å². The fraction of sp³-hybridized carbons (Fsp3) is 0.154. The Morgan fingerprint density at radius 3 is 2.67 bits per heavy atom. The van der Waals surface area contributed by atoms with Crippen LogP contribution in [0.25, 0.3) is 0 Å². The van der Waals surface area contributed by atoms with Gasteiger partial charge in [0.15, 0.2) is 5.76 Å². The van der Waals surface area contributed by atoms with E-state index in [1.165, 1.54) is 30.1 Å². The van der Waals surface area contributed by atoms with Crippen molar-refractivity contribution >= 4 is 11.6 Å². The van der Waals surface area contributed by atoms with Gasteiger partial charge in [-0.15, -0.1) is 0 Å². The minimum Gasteiger partial charge on any atom is -0.455 e. The number of anilines is 1. The quantitative estimate of drug-likeness (QED) is 0.905. The van der Waals surface area contributed by atoms with Crippen LogP contribution in [0.5, 0.6) is 0 Å². The lowest BCUT2D eigenvalue weighted by molar-refractivity contribution is 0.0964. The Balaban J connectivity index is 2.26. The molecule has 2 N–H and O–H groups in total. The molecule has 0 aliphatic rings. The molecule has 0 bridgehead atoms. The monoisotopic (exact) mass is 248 g/mol. The maximum Gasteiger partial charge on any atom is 0.293 e. The van der Waals surface area contributed by atoms with Crippen LogP contribution < -0.4 is 10.6 Å². The molecule has 1 heterocycles. The third-order valence-electron chi connectivity index (χ3n) is 2.59. The van der Waals surface area contributed by atoms with E-state index < -0.39 is 11.7 Å². The molecular formula is C13H13FN2O2. The van der Waals surface area contributed by atoms with Crippen LogP contribution in [0.3, 0.4) is 0 Å². The van der Waals surface area contributed by atoms with Crippen LogP contribution in [0.4, 0.5) is 10.1 Å². The number of rotatable bonds is 3. The highest BCUT2D eigenvalue weighted by molar-refractivity contribution is 6.03. The highest BCUT2D eigenvalue weighted by atomic mass is 19.1. The summed E-state index contributed by atoms with van der Waals surface area (Å²) in [5, 5.41) is 0. The van der Waals surface area contributed by atoms with Crippen molar-refractivity contribution in [2.75, 3.05) is 11.9 Å². The average Bonchev–Trinajstić information content (AvgIpc) is 2.86. The smallest absolute Gasteiger partial charge is 0.293 e. The Labute approximate surface area is 104 Å². The molecule has 2 aromatic rings. The van der Waals surface area contributed by atoms with Crippen LogP contribution in [-0.2, 0) is 6.54 Å². The Kier molecular flexibility index (Phi) is 3.43. The van der Waals surface area contributed by atoms with Gasteiger partial charge in [-0.05, 0) is 24.3 Å². The SMILES string of the molecule is CN(C(=O)c1ccc(CN)o1)c1ccccc1F. The molecule has 0 atom stereocenters. The summed E-state index contributed by atoms with van der Waals surface area (Å²) in [7, 11) is 1.49. The molecule has 5 heteroatoms. The summed E-state index contributed by atoms with van der Waals surface area (Å²) in [5.41, 5.74) is 5.60. The number of furan rings is 1. The zero-order valence-electron chi connectivity index (χ0n) is 9.89. The van der Waals surface area contributed by atoms with E-state index in [-0.39, 0.29) is 18.0 Å². The first kappa shape index (κ1) is 12.3. The van der Waals surface area contributed by atoms with Gasteiger partial charge in [0.05, 0.1) is 12.2 Å². The van der Waals surface area contributed by atoms with E-state index >= 15 is 0 Å². The Bertz CT molecular complexity index is 566. The first-order valence-corrected chi connectivity index (χ1v) is 5.45. The summed E-state index contributed by atoms with van der Waals surface area (Å²) < 4.78 is 18.8. The number of hydrogen-bond donors (Lipinski definition) is 1. The van der Waals surface area contributed by atoms with Crippen LogP contribution in [0, 0.1) is 5.82 Å². The minimum absolute atomic E-state index is 0.140. The maximum absolute atomic E-state index is 13.5. The zero-order chi connectivity index (χ0) is 13.1. The number of carbonyl (C=O) groups excluding carboxylic acids is 1. The molecule has 0 fully saturated rings.